The summed E-state index contributed by atoms with van der Waals surface area (Å²) in [6.07, 6.45) is 7.88. The minimum Gasteiger partial charge on any atom is -0.481 e. The summed E-state index contributed by atoms with van der Waals surface area (Å²) in [6, 6.07) is 17.1. The molecule has 38 heavy (non-hydrogen) atoms. The Morgan fingerprint density at radius 1 is 0.895 bits per heavy atom. The molecule has 2 aromatic carbocycles. The average molecular weight is 511 g/mol. The van der Waals surface area contributed by atoms with Crippen molar-refractivity contribution >= 4 is 23.5 Å². The number of carbonyl (C=O) groups is 3. The molecule has 0 bridgehead atoms. The maximum absolute atomic E-state index is 14.0. The van der Waals surface area contributed by atoms with E-state index >= 15 is 0 Å². The monoisotopic (exact) mass is 510 g/mol. The number of hydrogen-bond acceptors (Lipinski definition) is 5. The molecule has 1 aliphatic heterocycles. The molecule has 0 radical (unpaired) electrons. The minimum atomic E-state index is -0.960. The maximum Gasteiger partial charge on any atom is 0.303 e. The van der Waals surface area contributed by atoms with E-state index in [0.29, 0.717) is 11.4 Å². The van der Waals surface area contributed by atoms with Crippen LogP contribution in [-0.4, -0.2) is 49.8 Å². The molecule has 3 aliphatic rings. The topological polar surface area (TPSA) is 104 Å². The lowest BCUT2D eigenvalue weighted by atomic mass is 9.81. The molecule has 0 spiro atoms. The fourth-order valence-corrected chi connectivity index (χ4v) is 6.27. The first-order chi connectivity index (χ1) is 18.5. The van der Waals surface area contributed by atoms with Crippen molar-refractivity contribution < 1.29 is 19.5 Å². The number of anilines is 1. The molecule has 3 aromatic rings. The van der Waals surface area contributed by atoms with Gasteiger partial charge in [0.05, 0.1) is 12.5 Å². The van der Waals surface area contributed by atoms with Crippen LogP contribution in [0.1, 0.15) is 66.9 Å². The molecule has 0 saturated heterocycles. The van der Waals surface area contributed by atoms with Crippen molar-refractivity contribution in [1.82, 2.24) is 14.9 Å². The van der Waals surface area contributed by atoms with Crippen molar-refractivity contribution in [2.45, 2.75) is 63.1 Å². The number of carboxylic acid groups (broad SMARTS) is 1. The Hall–Kier alpha value is -4.07. The summed E-state index contributed by atoms with van der Waals surface area (Å²) in [5, 5.41) is 9.18. The van der Waals surface area contributed by atoms with Gasteiger partial charge < -0.3 is 14.9 Å². The van der Waals surface area contributed by atoms with Crippen LogP contribution in [0.15, 0.2) is 67.0 Å². The summed E-state index contributed by atoms with van der Waals surface area (Å²) < 4.78 is 0. The summed E-state index contributed by atoms with van der Waals surface area (Å²) >= 11 is 0. The fraction of sp³-hybridized carbons (Fsp3) is 0.367. The molecule has 8 nitrogen and oxygen atoms in total. The van der Waals surface area contributed by atoms with E-state index in [4.69, 9.17) is 0 Å². The lowest BCUT2D eigenvalue weighted by Gasteiger charge is -2.48. The van der Waals surface area contributed by atoms with Gasteiger partial charge in [-0.1, -0.05) is 36.8 Å². The Balaban J connectivity index is 1.35. The van der Waals surface area contributed by atoms with Gasteiger partial charge in [0.1, 0.15) is 0 Å². The van der Waals surface area contributed by atoms with Gasteiger partial charge in [-0.25, -0.2) is 9.97 Å². The highest BCUT2D eigenvalue weighted by Gasteiger charge is 2.51. The third-order valence-electron chi connectivity index (χ3n) is 8.04. The first kappa shape index (κ1) is 24.3. The van der Waals surface area contributed by atoms with Crippen molar-refractivity contribution in [3.8, 4) is 11.4 Å². The minimum absolute atomic E-state index is 0.00199. The summed E-state index contributed by atoms with van der Waals surface area (Å²) in [7, 11) is 0. The Morgan fingerprint density at radius 2 is 1.63 bits per heavy atom. The van der Waals surface area contributed by atoms with Gasteiger partial charge in [-0.3, -0.25) is 14.4 Å². The zero-order valence-electron chi connectivity index (χ0n) is 21.1. The van der Waals surface area contributed by atoms with Crippen LogP contribution >= 0.6 is 0 Å². The second-order valence-electron chi connectivity index (χ2n) is 10.4. The third-order valence-corrected chi connectivity index (χ3v) is 8.04. The van der Waals surface area contributed by atoms with Crippen molar-refractivity contribution in [2.75, 3.05) is 4.90 Å². The van der Waals surface area contributed by atoms with Crippen LogP contribution in [0.5, 0.6) is 0 Å². The lowest BCUT2D eigenvalue weighted by Crippen LogP contribution is -2.52. The van der Waals surface area contributed by atoms with Crippen molar-refractivity contribution in [3.05, 3.63) is 78.1 Å². The number of carboxylic acids is 1. The second-order valence-corrected chi connectivity index (χ2v) is 10.4. The van der Waals surface area contributed by atoms with Gasteiger partial charge in [-0.15, -0.1) is 0 Å². The predicted octanol–water partition coefficient (Wildman–Crippen LogP) is 4.87. The quantitative estimate of drug-likeness (QED) is 0.486. The number of hydrogen-bond donors (Lipinski definition) is 1. The van der Waals surface area contributed by atoms with E-state index < -0.39 is 5.97 Å². The highest BCUT2D eigenvalue weighted by molar-refractivity contribution is 6.07. The zero-order chi connectivity index (χ0) is 26.2. The van der Waals surface area contributed by atoms with Crippen LogP contribution in [0.4, 0.5) is 5.69 Å². The van der Waals surface area contributed by atoms with E-state index in [2.05, 4.69) is 9.97 Å². The molecule has 6 rings (SSSR count). The van der Waals surface area contributed by atoms with Crippen LogP contribution in [0.3, 0.4) is 0 Å². The van der Waals surface area contributed by atoms with Crippen molar-refractivity contribution in [1.29, 1.82) is 0 Å². The number of rotatable bonds is 7. The number of para-hydroxylation sites is 1. The van der Waals surface area contributed by atoms with Gasteiger partial charge in [-0.2, -0.15) is 0 Å². The Bertz CT molecular complexity index is 1360. The van der Waals surface area contributed by atoms with Gasteiger partial charge in [0.2, 0.25) is 5.91 Å². The van der Waals surface area contributed by atoms with E-state index in [1.807, 2.05) is 58.3 Å². The Morgan fingerprint density at radius 3 is 2.34 bits per heavy atom. The number of aliphatic carboxylic acids is 1. The van der Waals surface area contributed by atoms with E-state index in [1.165, 1.54) is 0 Å². The molecule has 2 amide bonds. The summed E-state index contributed by atoms with van der Waals surface area (Å²) in [5.74, 6) is -0.387. The maximum atomic E-state index is 14.0. The molecule has 2 heterocycles. The number of fused-ring (bicyclic) bond motifs is 2. The third kappa shape index (κ3) is 4.44. The first-order valence-electron chi connectivity index (χ1n) is 13.4. The SMILES string of the molecule is O=C(O)CCC(=O)N(C1CC1)[C@H]1c2ccccc2N(C(=O)c2ccc(-c3ncccn3)cc2)[C@@H]2CCC[C@@H]21. The summed E-state index contributed by atoms with van der Waals surface area (Å²) in [5.41, 5.74) is 3.27. The highest BCUT2D eigenvalue weighted by atomic mass is 16.4. The highest BCUT2D eigenvalue weighted by Crippen LogP contribution is 2.52. The van der Waals surface area contributed by atoms with E-state index in [-0.39, 0.29) is 48.7 Å². The van der Waals surface area contributed by atoms with Gasteiger partial charge in [-0.05, 0) is 55.5 Å². The number of carbonyl (C=O) groups excluding carboxylic acids is 2. The summed E-state index contributed by atoms with van der Waals surface area (Å²) in [4.78, 5) is 51.1. The molecule has 1 aromatic heterocycles. The van der Waals surface area contributed by atoms with Crippen LogP contribution < -0.4 is 4.90 Å². The van der Waals surface area contributed by atoms with Gasteiger partial charge in [0.25, 0.3) is 5.91 Å². The molecule has 0 unspecified atom stereocenters. The second kappa shape index (κ2) is 10.0. The fourth-order valence-electron chi connectivity index (χ4n) is 6.27. The van der Waals surface area contributed by atoms with Crippen LogP contribution in [0.2, 0.25) is 0 Å². The molecule has 8 heteroatoms. The number of aromatic nitrogens is 2. The molecule has 2 aliphatic carbocycles. The van der Waals surface area contributed by atoms with Gasteiger partial charge in [0.15, 0.2) is 5.82 Å². The number of benzene rings is 2. The molecule has 3 atom stereocenters. The number of nitrogens with zero attached hydrogens (tertiary/aromatic N) is 4. The van der Waals surface area contributed by atoms with E-state index in [0.717, 1.165) is 48.9 Å². The molecule has 1 N–H and O–H groups in total. The molecular weight excluding hydrogens is 480 g/mol. The smallest absolute Gasteiger partial charge is 0.303 e. The van der Waals surface area contributed by atoms with Crippen LogP contribution in [0.25, 0.3) is 11.4 Å². The van der Waals surface area contributed by atoms with E-state index in [1.54, 1.807) is 18.5 Å². The standard InChI is InChI=1S/C30H30N4O4/c35-26(15-16-27(36)37)33(21-13-14-21)28-22-5-1-2-7-24(22)34(25-8-3-6-23(25)28)30(38)20-11-9-19(10-12-20)29-31-17-4-18-32-29/h1-2,4-5,7,9-12,17-18,21,23,25,28H,3,6,8,13-16H2,(H,36,37)/t23-,25+,28-/m0/s1. The van der Waals surface area contributed by atoms with Crippen LogP contribution in [0, 0.1) is 5.92 Å². The predicted molar refractivity (Wildman–Crippen MR) is 141 cm³/mol. The molecule has 2 saturated carbocycles. The summed E-state index contributed by atoms with van der Waals surface area (Å²) in [6.45, 7) is 0. The molecule has 194 valence electrons. The van der Waals surface area contributed by atoms with Gasteiger partial charge in [0, 0.05) is 53.6 Å². The average Bonchev–Trinajstić information content (AvgIpc) is 3.67. The normalized spacial score (nSPS) is 21.9. The largest absolute Gasteiger partial charge is 0.481 e. The van der Waals surface area contributed by atoms with Crippen molar-refractivity contribution in [2.24, 2.45) is 5.92 Å². The number of amides is 2. The van der Waals surface area contributed by atoms with Crippen LogP contribution in [-0.2, 0) is 9.59 Å². The Kier molecular flexibility index (Phi) is 6.39. The van der Waals surface area contributed by atoms with Crippen molar-refractivity contribution in [3.63, 3.8) is 0 Å². The van der Waals surface area contributed by atoms with Gasteiger partial charge >= 0.3 is 5.97 Å². The van der Waals surface area contributed by atoms with E-state index in [9.17, 15) is 19.5 Å². The lowest BCUT2D eigenvalue weighted by molar-refractivity contribution is -0.142. The first-order valence-corrected chi connectivity index (χ1v) is 13.4. The Labute approximate surface area is 221 Å². The zero-order valence-corrected chi connectivity index (χ0v) is 21.1. The molecule has 2 fully saturated rings. The molecular formula is C30H30N4O4.